The summed E-state index contributed by atoms with van der Waals surface area (Å²) in [5.74, 6) is 0.625. The van der Waals surface area contributed by atoms with Gasteiger partial charge in [0.1, 0.15) is 11.3 Å². The largest absolute Gasteiger partial charge is 0.493 e. The molecule has 174 valence electrons. The highest BCUT2D eigenvalue weighted by atomic mass is 16.5. The quantitative estimate of drug-likeness (QED) is 0.378. The van der Waals surface area contributed by atoms with Crippen LogP contribution in [0.4, 0.5) is 0 Å². The van der Waals surface area contributed by atoms with Gasteiger partial charge in [-0.05, 0) is 44.0 Å². The van der Waals surface area contributed by atoms with Gasteiger partial charge < -0.3 is 19.2 Å². The first kappa shape index (κ1) is 23.1. The minimum absolute atomic E-state index is 0.0903. The number of carbonyl (C=O) groups excluding carboxylic acids is 1. The summed E-state index contributed by atoms with van der Waals surface area (Å²) in [4.78, 5) is 14.9. The van der Waals surface area contributed by atoms with E-state index in [9.17, 15) is 4.79 Å². The minimum atomic E-state index is -0.0903. The Kier molecular flexibility index (Phi) is 7.81. The highest BCUT2D eigenvalue weighted by Crippen LogP contribution is 2.37. The van der Waals surface area contributed by atoms with E-state index in [4.69, 9.17) is 13.9 Å². The summed E-state index contributed by atoms with van der Waals surface area (Å²) in [5, 5.41) is 4.01. The maximum Gasteiger partial charge on any atom is 0.244 e. The first-order valence-corrected chi connectivity index (χ1v) is 11.7. The van der Waals surface area contributed by atoms with Gasteiger partial charge in [0, 0.05) is 48.3 Å². The maximum atomic E-state index is 12.6. The van der Waals surface area contributed by atoms with Crippen molar-refractivity contribution in [2.75, 3.05) is 46.0 Å². The maximum absolute atomic E-state index is 12.6. The lowest BCUT2D eigenvalue weighted by molar-refractivity contribution is -0.116. The first-order valence-electron chi connectivity index (χ1n) is 11.7. The standard InChI is InChI=1S/C27H32N2O4/c1-3-32-25-18-26-23(24(19-33-26)21-8-5-4-6-9-21)17-22(25)20(2)16-27(30)28-10-7-11-29-12-14-31-15-13-29/h4-6,8-9,16-19H,3,7,10-15H2,1-2H3,(H,28,30)/b20-16+. The molecule has 33 heavy (non-hydrogen) atoms. The molecule has 0 radical (unpaired) electrons. The zero-order chi connectivity index (χ0) is 23.0. The molecule has 1 aliphatic heterocycles. The van der Waals surface area contributed by atoms with Gasteiger partial charge in [-0.1, -0.05) is 30.3 Å². The highest BCUT2D eigenvalue weighted by Gasteiger charge is 2.15. The van der Waals surface area contributed by atoms with Crippen LogP contribution in [-0.2, 0) is 9.53 Å². The molecule has 0 unspecified atom stereocenters. The molecule has 1 aliphatic rings. The van der Waals surface area contributed by atoms with Gasteiger partial charge in [0.15, 0.2) is 0 Å². The van der Waals surface area contributed by atoms with Crippen molar-refractivity contribution in [2.24, 2.45) is 0 Å². The summed E-state index contributed by atoms with van der Waals surface area (Å²) in [6.45, 7) is 9.57. The van der Waals surface area contributed by atoms with Crippen molar-refractivity contribution in [3.63, 3.8) is 0 Å². The van der Waals surface area contributed by atoms with E-state index in [2.05, 4.69) is 28.4 Å². The molecule has 1 amide bonds. The number of rotatable bonds is 9. The molecular formula is C27H32N2O4. The Morgan fingerprint density at radius 2 is 1.97 bits per heavy atom. The monoisotopic (exact) mass is 448 g/mol. The molecule has 0 aliphatic carbocycles. The number of hydrogen-bond donors (Lipinski definition) is 1. The Hall–Kier alpha value is -3.09. The van der Waals surface area contributed by atoms with Crippen LogP contribution in [0.2, 0.25) is 0 Å². The van der Waals surface area contributed by atoms with Crippen molar-refractivity contribution in [1.82, 2.24) is 10.2 Å². The van der Waals surface area contributed by atoms with Gasteiger partial charge in [0.25, 0.3) is 0 Å². The number of allylic oxidation sites excluding steroid dienone is 1. The summed E-state index contributed by atoms with van der Waals surface area (Å²) >= 11 is 0. The van der Waals surface area contributed by atoms with Gasteiger partial charge in [-0.3, -0.25) is 9.69 Å². The third kappa shape index (κ3) is 5.83. The predicted molar refractivity (Wildman–Crippen MR) is 131 cm³/mol. The number of furan rings is 1. The minimum Gasteiger partial charge on any atom is -0.493 e. The number of morpholine rings is 1. The van der Waals surface area contributed by atoms with E-state index in [1.54, 1.807) is 12.3 Å². The first-order chi connectivity index (χ1) is 16.2. The molecule has 1 N–H and O–H groups in total. The molecule has 6 heteroatoms. The van der Waals surface area contributed by atoms with Crippen LogP contribution in [-0.4, -0.2) is 56.8 Å². The van der Waals surface area contributed by atoms with E-state index in [0.29, 0.717) is 18.9 Å². The van der Waals surface area contributed by atoms with E-state index in [1.165, 1.54) is 0 Å². The molecule has 0 bridgehead atoms. The van der Waals surface area contributed by atoms with Crippen LogP contribution in [0.25, 0.3) is 27.7 Å². The second-order valence-electron chi connectivity index (χ2n) is 8.22. The number of amides is 1. The topological polar surface area (TPSA) is 63.9 Å². The average Bonchev–Trinajstić information content (AvgIpc) is 3.25. The molecular weight excluding hydrogens is 416 g/mol. The number of hydrogen-bond acceptors (Lipinski definition) is 5. The van der Waals surface area contributed by atoms with E-state index < -0.39 is 0 Å². The summed E-state index contributed by atoms with van der Waals surface area (Å²) in [5.41, 5.74) is 4.63. The summed E-state index contributed by atoms with van der Waals surface area (Å²) in [6, 6.07) is 14.1. The lowest BCUT2D eigenvalue weighted by Gasteiger charge is -2.26. The molecule has 0 spiro atoms. The number of benzene rings is 2. The molecule has 2 heterocycles. The zero-order valence-corrected chi connectivity index (χ0v) is 19.4. The van der Waals surface area contributed by atoms with E-state index in [1.807, 2.05) is 38.1 Å². The second-order valence-corrected chi connectivity index (χ2v) is 8.22. The molecule has 3 aromatic rings. The Balaban J connectivity index is 1.49. The van der Waals surface area contributed by atoms with Gasteiger partial charge in [-0.25, -0.2) is 0 Å². The van der Waals surface area contributed by atoms with Crippen LogP contribution in [0.1, 0.15) is 25.8 Å². The summed E-state index contributed by atoms with van der Waals surface area (Å²) < 4.78 is 17.1. The normalized spacial score (nSPS) is 15.0. The van der Waals surface area contributed by atoms with E-state index >= 15 is 0 Å². The van der Waals surface area contributed by atoms with E-state index in [0.717, 1.165) is 72.5 Å². The molecule has 2 aromatic carbocycles. The van der Waals surface area contributed by atoms with Crippen LogP contribution in [0.15, 0.2) is 59.2 Å². The van der Waals surface area contributed by atoms with Crippen molar-refractivity contribution < 1.29 is 18.7 Å². The SMILES string of the molecule is CCOc1cc2occ(-c3ccccc3)c2cc1/C(C)=C/C(=O)NCCCN1CCOCC1. The molecule has 1 saturated heterocycles. The number of nitrogens with zero attached hydrogens (tertiary/aromatic N) is 1. The third-order valence-corrected chi connectivity index (χ3v) is 5.89. The lowest BCUT2D eigenvalue weighted by Crippen LogP contribution is -2.38. The van der Waals surface area contributed by atoms with Crippen LogP contribution >= 0.6 is 0 Å². The van der Waals surface area contributed by atoms with Crippen molar-refractivity contribution in [2.45, 2.75) is 20.3 Å². The third-order valence-electron chi connectivity index (χ3n) is 5.89. The van der Waals surface area contributed by atoms with Crippen molar-refractivity contribution in [3.8, 4) is 16.9 Å². The zero-order valence-electron chi connectivity index (χ0n) is 19.4. The van der Waals surface area contributed by atoms with Crippen molar-refractivity contribution in [1.29, 1.82) is 0 Å². The van der Waals surface area contributed by atoms with Gasteiger partial charge in [-0.2, -0.15) is 0 Å². The Morgan fingerprint density at radius 3 is 2.73 bits per heavy atom. The summed E-state index contributed by atoms with van der Waals surface area (Å²) in [7, 11) is 0. The van der Waals surface area contributed by atoms with Crippen LogP contribution in [0, 0.1) is 0 Å². The number of ether oxygens (including phenoxy) is 2. The average molecular weight is 449 g/mol. The fourth-order valence-corrected chi connectivity index (χ4v) is 4.14. The van der Waals surface area contributed by atoms with Crippen LogP contribution in [0.3, 0.4) is 0 Å². The lowest BCUT2D eigenvalue weighted by atomic mass is 9.99. The molecule has 1 fully saturated rings. The molecule has 1 aromatic heterocycles. The highest BCUT2D eigenvalue weighted by molar-refractivity contribution is 6.00. The second kappa shape index (κ2) is 11.2. The number of carbonyl (C=O) groups is 1. The van der Waals surface area contributed by atoms with Gasteiger partial charge in [0.05, 0.1) is 26.1 Å². The van der Waals surface area contributed by atoms with Crippen LogP contribution in [0.5, 0.6) is 5.75 Å². The van der Waals surface area contributed by atoms with Crippen LogP contribution < -0.4 is 10.1 Å². The van der Waals surface area contributed by atoms with Crippen molar-refractivity contribution in [3.05, 3.63) is 60.4 Å². The molecule has 0 saturated carbocycles. The van der Waals surface area contributed by atoms with E-state index in [-0.39, 0.29) is 5.91 Å². The molecule has 6 nitrogen and oxygen atoms in total. The fraction of sp³-hybridized carbons (Fsp3) is 0.370. The molecule has 0 atom stereocenters. The van der Waals surface area contributed by atoms with Gasteiger partial charge in [-0.15, -0.1) is 0 Å². The Labute approximate surface area is 195 Å². The smallest absolute Gasteiger partial charge is 0.244 e. The van der Waals surface area contributed by atoms with Gasteiger partial charge >= 0.3 is 0 Å². The van der Waals surface area contributed by atoms with Gasteiger partial charge in [0.2, 0.25) is 5.91 Å². The van der Waals surface area contributed by atoms with Crippen molar-refractivity contribution >= 4 is 22.4 Å². The molecule has 4 rings (SSSR count). The Morgan fingerprint density at radius 1 is 1.18 bits per heavy atom. The Bertz CT molecular complexity index is 1100. The number of fused-ring (bicyclic) bond motifs is 1. The summed E-state index contributed by atoms with van der Waals surface area (Å²) in [6.07, 6.45) is 4.35. The fourth-order valence-electron chi connectivity index (χ4n) is 4.14. The number of nitrogens with one attached hydrogen (secondary N) is 1. The predicted octanol–water partition coefficient (Wildman–Crippen LogP) is 4.74.